The third kappa shape index (κ3) is 4.01. The lowest BCUT2D eigenvalue weighted by Gasteiger charge is -2.08. The molecule has 144 valence electrons. The number of tetrazole rings is 1. The van der Waals surface area contributed by atoms with Crippen LogP contribution < -0.4 is 5.32 Å². The Hall–Kier alpha value is -2.87. The van der Waals surface area contributed by atoms with E-state index in [1.807, 2.05) is 48.9 Å². The van der Waals surface area contributed by atoms with Gasteiger partial charge in [0.1, 0.15) is 0 Å². The third-order valence-corrected chi connectivity index (χ3v) is 5.68. The second kappa shape index (κ2) is 7.63. The Labute approximate surface area is 166 Å². The smallest absolute Gasteiger partial charge is 0.224 e. The maximum absolute atomic E-state index is 12.4. The molecule has 0 atom stereocenters. The molecule has 1 aliphatic carbocycles. The topological polar surface area (TPSA) is 89.8 Å². The number of aromatic nitrogens is 4. The van der Waals surface area contributed by atoms with Gasteiger partial charge in [-0.05, 0) is 55.3 Å². The van der Waals surface area contributed by atoms with Crippen LogP contribution in [0.1, 0.15) is 51.8 Å². The summed E-state index contributed by atoms with van der Waals surface area (Å²) in [6.07, 6.45) is 2.52. The molecule has 0 radical (unpaired) electrons. The number of nitrogens with zero attached hydrogens (tertiary/aromatic N) is 4. The summed E-state index contributed by atoms with van der Waals surface area (Å²) in [5.74, 6) is 0.531. The molecule has 1 amide bonds. The number of rotatable bonds is 7. The number of nitrogens with one attached hydrogen (secondary N) is 1. The van der Waals surface area contributed by atoms with Crippen LogP contribution in [0.25, 0.3) is 11.4 Å². The number of hydrogen-bond donors (Lipinski definition) is 1. The van der Waals surface area contributed by atoms with Crippen LogP contribution in [0.2, 0.25) is 0 Å². The van der Waals surface area contributed by atoms with Gasteiger partial charge >= 0.3 is 0 Å². The number of benzene rings is 1. The fourth-order valence-electron chi connectivity index (χ4n) is 3.18. The van der Waals surface area contributed by atoms with E-state index in [-0.39, 0.29) is 24.5 Å². The molecule has 7 nitrogen and oxygen atoms in total. The Morgan fingerprint density at radius 1 is 1.21 bits per heavy atom. The Bertz CT molecular complexity index is 1030. The van der Waals surface area contributed by atoms with Crippen LogP contribution in [-0.4, -0.2) is 31.9 Å². The van der Waals surface area contributed by atoms with E-state index in [0.717, 1.165) is 33.7 Å². The highest BCUT2D eigenvalue weighted by atomic mass is 32.1. The number of Topliss-reactive ketones (excluding diaryl/α,β-unsaturated/α-hetero) is 1. The number of carbonyl (C=O) groups excluding carboxylic acids is 2. The van der Waals surface area contributed by atoms with E-state index in [1.54, 1.807) is 11.3 Å². The lowest BCUT2D eigenvalue weighted by atomic mass is 10.1. The van der Waals surface area contributed by atoms with Gasteiger partial charge in [0.15, 0.2) is 11.6 Å². The first-order valence-corrected chi connectivity index (χ1v) is 10.1. The molecular formula is C20H21N5O2S. The third-order valence-electron chi connectivity index (χ3n) is 4.71. The minimum absolute atomic E-state index is 0.00867. The minimum Gasteiger partial charge on any atom is -0.326 e. The van der Waals surface area contributed by atoms with Crippen LogP contribution in [0, 0.1) is 13.8 Å². The van der Waals surface area contributed by atoms with Crippen molar-refractivity contribution in [2.75, 3.05) is 5.32 Å². The highest BCUT2D eigenvalue weighted by Crippen LogP contribution is 2.36. The molecule has 0 spiro atoms. The van der Waals surface area contributed by atoms with Crippen molar-refractivity contribution >= 4 is 28.7 Å². The zero-order valence-electron chi connectivity index (χ0n) is 15.8. The summed E-state index contributed by atoms with van der Waals surface area (Å²) >= 11 is 1.60. The van der Waals surface area contributed by atoms with Crippen molar-refractivity contribution in [2.45, 2.75) is 45.6 Å². The molecule has 1 aliphatic rings. The first-order valence-electron chi connectivity index (χ1n) is 9.29. The molecule has 28 heavy (non-hydrogen) atoms. The van der Waals surface area contributed by atoms with Gasteiger partial charge in [-0.2, -0.15) is 0 Å². The van der Waals surface area contributed by atoms with Crippen LogP contribution >= 0.6 is 11.3 Å². The van der Waals surface area contributed by atoms with Crippen LogP contribution in [0.4, 0.5) is 5.69 Å². The average Bonchev–Trinajstić information content (AvgIpc) is 3.29. The van der Waals surface area contributed by atoms with Gasteiger partial charge in [-0.15, -0.1) is 16.4 Å². The van der Waals surface area contributed by atoms with Crippen LogP contribution in [0.5, 0.6) is 0 Å². The zero-order chi connectivity index (χ0) is 19.7. The lowest BCUT2D eigenvalue weighted by molar-refractivity contribution is -0.116. The van der Waals surface area contributed by atoms with Gasteiger partial charge in [0.2, 0.25) is 5.91 Å². The Morgan fingerprint density at radius 3 is 2.75 bits per heavy atom. The van der Waals surface area contributed by atoms with E-state index < -0.39 is 0 Å². The quantitative estimate of drug-likeness (QED) is 0.612. The van der Waals surface area contributed by atoms with Gasteiger partial charge in [-0.3, -0.25) is 9.59 Å². The summed E-state index contributed by atoms with van der Waals surface area (Å²) in [6, 6.07) is 9.73. The minimum atomic E-state index is -0.183. The second-order valence-electron chi connectivity index (χ2n) is 7.06. The molecule has 8 heteroatoms. The van der Waals surface area contributed by atoms with E-state index in [9.17, 15) is 9.59 Å². The predicted octanol–water partition coefficient (Wildman–Crippen LogP) is 3.95. The van der Waals surface area contributed by atoms with Gasteiger partial charge in [0, 0.05) is 39.4 Å². The van der Waals surface area contributed by atoms with E-state index in [0.29, 0.717) is 17.6 Å². The fourth-order valence-corrected chi connectivity index (χ4v) is 4.12. The number of amides is 1. The number of carbonyl (C=O) groups is 2. The molecule has 0 aliphatic heterocycles. The molecule has 2 aromatic heterocycles. The van der Waals surface area contributed by atoms with Gasteiger partial charge in [0.05, 0.1) is 6.04 Å². The molecule has 2 heterocycles. The van der Waals surface area contributed by atoms with E-state index in [4.69, 9.17) is 0 Å². The molecular weight excluding hydrogens is 374 g/mol. The van der Waals surface area contributed by atoms with Crippen molar-refractivity contribution in [1.82, 2.24) is 20.2 Å². The molecule has 4 rings (SSSR count). The lowest BCUT2D eigenvalue weighted by Crippen LogP contribution is -2.13. The summed E-state index contributed by atoms with van der Waals surface area (Å²) in [5.41, 5.74) is 2.25. The van der Waals surface area contributed by atoms with E-state index in [1.165, 1.54) is 0 Å². The molecule has 1 aromatic carbocycles. The Kier molecular flexibility index (Phi) is 5.04. The highest BCUT2D eigenvalue weighted by Gasteiger charge is 2.28. The summed E-state index contributed by atoms with van der Waals surface area (Å²) in [7, 11) is 0. The van der Waals surface area contributed by atoms with Crippen LogP contribution in [-0.2, 0) is 4.79 Å². The van der Waals surface area contributed by atoms with Crippen molar-refractivity contribution in [1.29, 1.82) is 0 Å². The standard InChI is InChI=1S/C20H21N5O2S/c1-12-10-17(13(2)28-12)18(26)8-9-19(27)21-15-5-3-4-14(11-15)20-22-23-24-25(20)16-6-7-16/h3-5,10-11,16H,6-9H2,1-2H3,(H,21,27). The van der Waals surface area contributed by atoms with Crippen LogP contribution in [0.15, 0.2) is 30.3 Å². The van der Waals surface area contributed by atoms with Gasteiger partial charge in [0.25, 0.3) is 0 Å². The molecule has 1 fully saturated rings. The van der Waals surface area contributed by atoms with Crippen molar-refractivity contribution in [2.24, 2.45) is 0 Å². The van der Waals surface area contributed by atoms with Crippen molar-refractivity contribution in [3.63, 3.8) is 0 Å². The Morgan fingerprint density at radius 2 is 2.04 bits per heavy atom. The molecule has 1 N–H and O–H groups in total. The number of thiophene rings is 1. The van der Waals surface area contributed by atoms with Gasteiger partial charge in [-0.25, -0.2) is 4.68 Å². The molecule has 3 aromatic rings. The molecule has 0 saturated heterocycles. The van der Waals surface area contributed by atoms with Crippen molar-refractivity contribution < 1.29 is 9.59 Å². The SMILES string of the molecule is Cc1cc(C(=O)CCC(=O)Nc2cccc(-c3nnnn3C3CC3)c2)c(C)s1. The molecule has 1 saturated carbocycles. The van der Waals surface area contributed by atoms with Crippen molar-refractivity contribution in [3.8, 4) is 11.4 Å². The second-order valence-corrected chi connectivity index (χ2v) is 8.52. The number of aryl methyl sites for hydroxylation is 2. The van der Waals surface area contributed by atoms with E-state index in [2.05, 4.69) is 20.8 Å². The van der Waals surface area contributed by atoms with E-state index >= 15 is 0 Å². The summed E-state index contributed by atoms with van der Waals surface area (Å²) in [5, 5.41) is 14.8. The summed E-state index contributed by atoms with van der Waals surface area (Å²) in [6.45, 7) is 3.92. The average molecular weight is 395 g/mol. The summed E-state index contributed by atoms with van der Waals surface area (Å²) < 4.78 is 1.84. The zero-order valence-corrected chi connectivity index (χ0v) is 16.6. The Balaban J connectivity index is 1.39. The van der Waals surface area contributed by atoms with Gasteiger partial charge < -0.3 is 5.32 Å². The number of ketones is 1. The molecule has 0 bridgehead atoms. The fraction of sp³-hybridized carbons (Fsp3) is 0.350. The highest BCUT2D eigenvalue weighted by molar-refractivity contribution is 7.12. The monoisotopic (exact) mass is 395 g/mol. The number of anilines is 1. The number of hydrogen-bond acceptors (Lipinski definition) is 6. The maximum atomic E-state index is 12.4. The maximum Gasteiger partial charge on any atom is 0.224 e. The first kappa shape index (κ1) is 18.5. The largest absolute Gasteiger partial charge is 0.326 e. The summed E-state index contributed by atoms with van der Waals surface area (Å²) in [4.78, 5) is 26.8. The van der Waals surface area contributed by atoms with Crippen molar-refractivity contribution in [3.05, 3.63) is 45.6 Å². The predicted molar refractivity (Wildman–Crippen MR) is 108 cm³/mol. The van der Waals surface area contributed by atoms with Crippen LogP contribution in [0.3, 0.4) is 0 Å². The molecule has 0 unspecified atom stereocenters. The van der Waals surface area contributed by atoms with Gasteiger partial charge in [-0.1, -0.05) is 12.1 Å². The normalized spacial score (nSPS) is 13.5. The first-order chi connectivity index (χ1) is 13.5.